The van der Waals surface area contributed by atoms with Gasteiger partial charge in [-0.15, -0.1) is 10.2 Å². The molecule has 1 saturated heterocycles. The Balaban J connectivity index is 1.40. The van der Waals surface area contributed by atoms with Crippen LogP contribution in [0.5, 0.6) is 0 Å². The Morgan fingerprint density at radius 3 is 3.04 bits per heavy atom. The molecule has 8 nitrogen and oxygen atoms in total. The molecule has 0 radical (unpaired) electrons. The molecule has 2 aliphatic rings. The Morgan fingerprint density at radius 2 is 2.21 bits per heavy atom. The Labute approximate surface area is 140 Å². The van der Waals surface area contributed by atoms with Crippen LogP contribution in [0.1, 0.15) is 17.8 Å². The number of amides is 2. The van der Waals surface area contributed by atoms with Crippen LogP contribution >= 0.6 is 0 Å². The lowest BCUT2D eigenvalue weighted by Crippen LogP contribution is -2.45. The van der Waals surface area contributed by atoms with Gasteiger partial charge in [-0.05, 0) is 29.7 Å². The van der Waals surface area contributed by atoms with E-state index in [2.05, 4.69) is 49.9 Å². The average molecular weight is 327 g/mol. The van der Waals surface area contributed by atoms with Crippen molar-refractivity contribution in [2.24, 2.45) is 7.05 Å². The van der Waals surface area contributed by atoms with E-state index in [0.29, 0.717) is 18.4 Å². The standard InChI is InChI=1S/C16H21N7O/c1-21-19-15(18-20-21)10-17-16(24)22-7-4-8-23-13(11-22)9-12-5-2-3-6-14(12)23/h2-3,5-6,13H,4,7-11H2,1H3,(H,17,24). The van der Waals surface area contributed by atoms with Crippen molar-refractivity contribution in [3.05, 3.63) is 35.7 Å². The minimum atomic E-state index is -0.0553. The summed E-state index contributed by atoms with van der Waals surface area (Å²) in [5.41, 5.74) is 2.71. The SMILES string of the molecule is Cn1nnc(CNC(=O)N2CCCN3c4ccccc4CC3C2)n1. The molecule has 0 bridgehead atoms. The molecule has 24 heavy (non-hydrogen) atoms. The quantitative estimate of drug-likeness (QED) is 0.872. The molecule has 3 heterocycles. The van der Waals surface area contributed by atoms with Crippen LogP contribution in [0.15, 0.2) is 24.3 Å². The van der Waals surface area contributed by atoms with E-state index >= 15 is 0 Å². The lowest BCUT2D eigenvalue weighted by molar-refractivity contribution is 0.197. The summed E-state index contributed by atoms with van der Waals surface area (Å²) < 4.78 is 0. The van der Waals surface area contributed by atoms with Crippen LogP contribution in [0, 0.1) is 0 Å². The van der Waals surface area contributed by atoms with Crippen LogP contribution in [0.2, 0.25) is 0 Å². The van der Waals surface area contributed by atoms with Crippen molar-refractivity contribution in [3.8, 4) is 0 Å². The van der Waals surface area contributed by atoms with Gasteiger partial charge >= 0.3 is 6.03 Å². The summed E-state index contributed by atoms with van der Waals surface area (Å²) in [5.74, 6) is 0.524. The van der Waals surface area contributed by atoms with Crippen molar-refractivity contribution in [1.82, 2.24) is 30.4 Å². The zero-order valence-corrected chi connectivity index (χ0v) is 13.7. The molecule has 8 heteroatoms. The fraction of sp³-hybridized carbons (Fsp3) is 0.500. The molecule has 1 fully saturated rings. The third-order valence-electron chi connectivity index (χ3n) is 4.69. The van der Waals surface area contributed by atoms with Crippen LogP contribution in [-0.2, 0) is 20.0 Å². The second kappa shape index (κ2) is 6.10. The summed E-state index contributed by atoms with van der Waals surface area (Å²) >= 11 is 0. The van der Waals surface area contributed by atoms with Gasteiger partial charge in [0.1, 0.15) is 0 Å². The molecule has 1 atom stereocenters. The van der Waals surface area contributed by atoms with Gasteiger partial charge in [0, 0.05) is 25.3 Å². The van der Waals surface area contributed by atoms with Crippen molar-refractivity contribution >= 4 is 11.7 Å². The highest BCUT2D eigenvalue weighted by Gasteiger charge is 2.33. The molecule has 0 spiro atoms. The predicted octanol–water partition coefficient (Wildman–Crippen LogP) is 0.557. The van der Waals surface area contributed by atoms with Gasteiger partial charge in [0.15, 0.2) is 5.82 Å². The van der Waals surface area contributed by atoms with Crippen molar-refractivity contribution in [2.45, 2.75) is 25.4 Å². The lowest BCUT2D eigenvalue weighted by Gasteiger charge is -2.27. The topological polar surface area (TPSA) is 79.2 Å². The molecule has 1 aromatic carbocycles. The number of urea groups is 1. The number of fused-ring (bicyclic) bond motifs is 3. The third kappa shape index (κ3) is 2.79. The molecule has 0 aliphatic carbocycles. The first-order valence-electron chi connectivity index (χ1n) is 8.31. The molecule has 0 saturated carbocycles. The predicted molar refractivity (Wildman–Crippen MR) is 88.5 cm³/mol. The van der Waals surface area contributed by atoms with Crippen LogP contribution in [0.25, 0.3) is 0 Å². The lowest BCUT2D eigenvalue weighted by atomic mass is 10.1. The smallest absolute Gasteiger partial charge is 0.317 e. The maximum atomic E-state index is 12.5. The number of tetrazole rings is 1. The zero-order valence-electron chi connectivity index (χ0n) is 13.7. The second-order valence-corrected chi connectivity index (χ2v) is 6.33. The van der Waals surface area contributed by atoms with E-state index in [1.807, 2.05) is 4.90 Å². The van der Waals surface area contributed by atoms with Crippen molar-refractivity contribution in [3.63, 3.8) is 0 Å². The summed E-state index contributed by atoms with van der Waals surface area (Å²) in [6.45, 7) is 2.82. The maximum Gasteiger partial charge on any atom is 0.317 e. The first-order valence-corrected chi connectivity index (χ1v) is 8.31. The number of nitrogens with one attached hydrogen (secondary N) is 1. The highest BCUT2D eigenvalue weighted by atomic mass is 16.2. The molecule has 1 unspecified atom stereocenters. The minimum Gasteiger partial charge on any atom is -0.366 e. The average Bonchev–Trinajstić information content (AvgIpc) is 3.09. The van der Waals surface area contributed by atoms with Crippen molar-refractivity contribution in [2.75, 3.05) is 24.5 Å². The number of benzene rings is 1. The van der Waals surface area contributed by atoms with E-state index in [1.165, 1.54) is 16.0 Å². The Bertz CT molecular complexity index is 744. The molecule has 2 aliphatic heterocycles. The number of para-hydroxylation sites is 1. The normalized spacial score (nSPS) is 19.6. The molecule has 4 rings (SSSR count). The number of aryl methyl sites for hydroxylation is 1. The van der Waals surface area contributed by atoms with Gasteiger partial charge in [-0.3, -0.25) is 0 Å². The van der Waals surface area contributed by atoms with Gasteiger partial charge in [0.05, 0.1) is 19.6 Å². The highest BCUT2D eigenvalue weighted by molar-refractivity contribution is 5.74. The van der Waals surface area contributed by atoms with Gasteiger partial charge in [-0.2, -0.15) is 4.80 Å². The highest BCUT2D eigenvalue weighted by Crippen LogP contribution is 2.33. The molecule has 126 valence electrons. The van der Waals surface area contributed by atoms with Crippen LogP contribution in [0.3, 0.4) is 0 Å². The van der Waals surface area contributed by atoms with Crippen LogP contribution in [-0.4, -0.2) is 56.8 Å². The first kappa shape index (κ1) is 14.9. The fourth-order valence-electron chi connectivity index (χ4n) is 3.61. The molecule has 2 amide bonds. The number of hydrogen-bond acceptors (Lipinski definition) is 5. The van der Waals surface area contributed by atoms with E-state index < -0.39 is 0 Å². The van der Waals surface area contributed by atoms with Crippen LogP contribution < -0.4 is 10.2 Å². The number of hydrogen-bond donors (Lipinski definition) is 1. The minimum absolute atomic E-state index is 0.0553. The third-order valence-corrected chi connectivity index (χ3v) is 4.69. The summed E-state index contributed by atoms with van der Waals surface area (Å²) in [6, 6.07) is 8.86. The van der Waals surface area contributed by atoms with E-state index in [4.69, 9.17) is 0 Å². The van der Waals surface area contributed by atoms with Gasteiger partial charge < -0.3 is 15.1 Å². The fourth-order valence-corrected chi connectivity index (χ4v) is 3.61. The van der Waals surface area contributed by atoms with Gasteiger partial charge in [-0.25, -0.2) is 4.79 Å². The van der Waals surface area contributed by atoms with E-state index in [0.717, 1.165) is 32.5 Å². The zero-order chi connectivity index (χ0) is 16.5. The molecule has 1 N–H and O–H groups in total. The number of carbonyl (C=O) groups is 1. The van der Waals surface area contributed by atoms with Crippen LogP contribution in [0.4, 0.5) is 10.5 Å². The summed E-state index contributed by atoms with van der Waals surface area (Å²) in [6.07, 6.45) is 1.98. The maximum absolute atomic E-state index is 12.5. The Hall–Kier alpha value is -2.64. The molecular weight excluding hydrogens is 306 g/mol. The summed E-state index contributed by atoms with van der Waals surface area (Å²) in [4.78, 5) is 18.3. The van der Waals surface area contributed by atoms with E-state index in [9.17, 15) is 4.79 Å². The Kier molecular flexibility index (Phi) is 3.79. The van der Waals surface area contributed by atoms with Crippen molar-refractivity contribution < 1.29 is 4.79 Å². The number of aromatic nitrogens is 4. The van der Waals surface area contributed by atoms with E-state index in [1.54, 1.807) is 7.05 Å². The van der Waals surface area contributed by atoms with Gasteiger partial charge in [0.25, 0.3) is 0 Å². The largest absolute Gasteiger partial charge is 0.366 e. The number of rotatable bonds is 2. The summed E-state index contributed by atoms with van der Waals surface area (Å²) in [5, 5.41) is 14.6. The molecular formula is C16H21N7O. The van der Waals surface area contributed by atoms with Gasteiger partial charge in [-0.1, -0.05) is 18.2 Å². The van der Waals surface area contributed by atoms with Crippen molar-refractivity contribution in [1.29, 1.82) is 0 Å². The first-order chi connectivity index (χ1) is 11.7. The molecule has 2 aromatic rings. The van der Waals surface area contributed by atoms with E-state index in [-0.39, 0.29) is 6.03 Å². The molecule has 1 aromatic heterocycles. The van der Waals surface area contributed by atoms with Gasteiger partial charge in [0.2, 0.25) is 0 Å². The number of anilines is 1. The number of nitrogens with zero attached hydrogens (tertiary/aromatic N) is 6. The Morgan fingerprint density at radius 1 is 1.33 bits per heavy atom. The summed E-state index contributed by atoms with van der Waals surface area (Å²) in [7, 11) is 1.71. The monoisotopic (exact) mass is 327 g/mol. The second-order valence-electron chi connectivity index (χ2n) is 6.33. The number of carbonyl (C=O) groups excluding carboxylic acids is 1.